The molecule has 2 aromatic carbocycles. The number of hydrogen-bond acceptors (Lipinski definition) is 2. The molecule has 1 N–H and O–H groups in total. The molecule has 0 saturated heterocycles. The second-order valence-electron chi connectivity index (χ2n) is 6.85. The van der Waals surface area contributed by atoms with Crippen LogP contribution in [0.25, 0.3) is 10.8 Å². The van der Waals surface area contributed by atoms with Gasteiger partial charge in [0.05, 0.1) is 0 Å². The van der Waals surface area contributed by atoms with Crippen molar-refractivity contribution in [1.29, 1.82) is 0 Å². The van der Waals surface area contributed by atoms with E-state index in [1.807, 2.05) is 47.4 Å². The van der Waals surface area contributed by atoms with E-state index >= 15 is 0 Å². The lowest BCUT2D eigenvalue weighted by Crippen LogP contribution is -2.36. The van der Waals surface area contributed by atoms with Gasteiger partial charge < -0.3 is 10.2 Å². The van der Waals surface area contributed by atoms with Crippen LogP contribution in [0.5, 0.6) is 0 Å². The largest absolute Gasteiger partial charge is 0.352 e. The van der Waals surface area contributed by atoms with E-state index in [0.29, 0.717) is 24.4 Å². The predicted octanol–water partition coefficient (Wildman–Crippen LogP) is 3.61. The Labute approximate surface area is 149 Å². The van der Waals surface area contributed by atoms with Gasteiger partial charge in [0.25, 0.3) is 5.91 Å². The Kier molecular flexibility index (Phi) is 5.69. The fraction of sp³-hybridized carbons (Fsp3) is 0.429. The Morgan fingerprint density at radius 1 is 1.12 bits per heavy atom. The summed E-state index contributed by atoms with van der Waals surface area (Å²) in [5.41, 5.74) is 0.634. The summed E-state index contributed by atoms with van der Waals surface area (Å²) in [4.78, 5) is 26.6. The fourth-order valence-electron chi connectivity index (χ4n) is 3.07. The highest BCUT2D eigenvalue weighted by molar-refractivity contribution is 5.98. The number of nitrogens with one attached hydrogen (secondary N) is 1. The van der Waals surface area contributed by atoms with E-state index < -0.39 is 0 Å². The zero-order valence-corrected chi connectivity index (χ0v) is 14.8. The van der Waals surface area contributed by atoms with E-state index in [4.69, 9.17) is 0 Å². The number of amides is 2. The van der Waals surface area contributed by atoms with Gasteiger partial charge >= 0.3 is 0 Å². The monoisotopic (exact) mass is 338 g/mol. The summed E-state index contributed by atoms with van der Waals surface area (Å²) in [6, 6.07) is 13.6. The van der Waals surface area contributed by atoms with E-state index in [2.05, 4.69) is 12.2 Å². The molecule has 25 heavy (non-hydrogen) atoms. The van der Waals surface area contributed by atoms with Crippen molar-refractivity contribution in [2.75, 3.05) is 19.6 Å². The van der Waals surface area contributed by atoms with Gasteiger partial charge in [0.15, 0.2) is 0 Å². The van der Waals surface area contributed by atoms with Crippen molar-refractivity contribution < 1.29 is 9.59 Å². The van der Waals surface area contributed by atoms with Crippen molar-refractivity contribution in [3.63, 3.8) is 0 Å². The third kappa shape index (κ3) is 4.81. The van der Waals surface area contributed by atoms with Crippen molar-refractivity contribution >= 4 is 22.6 Å². The first-order valence-corrected chi connectivity index (χ1v) is 9.22. The first kappa shape index (κ1) is 17.5. The van der Waals surface area contributed by atoms with Crippen LogP contribution in [-0.2, 0) is 4.79 Å². The highest BCUT2D eigenvalue weighted by Gasteiger charge is 2.26. The second-order valence-corrected chi connectivity index (χ2v) is 6.85. The molecule has 0 aromatic heterocycles. The van der Waals surface area contributed by atoms with Gasteiger partial charge in [0.1, 0.15) is 0 Å². The van der Waals surface area contributed by atoms with Crippen LogP contribution >= 0.6 is 0 Å². The van der Waals surface area contributed by atoms with E-state index in [1.54, 1.807) is 0 Å². The van der Waals surface area contributed by atoms with Crippen LogP contribution in [0.4, 0.5) is 0 Å². The maximum absolute atomic E-state index is 12.4. The lowest BCUT2D eigenvalue weighted by Gasteiger charge is -2.22. The van der Waals surface area contributed by atoms with Crippen LogP contribution in [-0.4, -0.2) is 36.3 Å². The van der Waals surface area contributed by atoms with Gasteiger partial charge in [-0.05, 0) is 48.1 Å². The molecule has 1 aliphatic carbocycles. The molecule has 2 aromatic rings. The molecule has 4 heteroatoms. The molecule has 1 saturated carbocycles. The topological polar surface area (TPSA) is 49.4 Å². The minimum absolute atomic E-state index is 0.122. The summed E-state index contributed by atoms with van der Waals surface area (Å²) in [5, 5.41) is 5.04. The van der Waals surface area contributed by atoms with Gasteiger partial charge in [0, 0.05) is 31.6 Å². The zero-order chi connectivity index (χ0) is 17.6. The Hall–Kier alpha value is -2.36. The number of rotatable bonds is 8. The van der Waals surface area contributed by atoms with Crippen LogP contribution in [0, 0.1) is 5.92 Å². The Bertz CT molecular complexity index is 752. The summed E-state index contributed by atoms with van der Waals surface area (Å²) in [5.74, 6) is 0.720. The van der Waals surface area contributed by atoms with Gasteiger partial charge in [-0.25, -0.2) is 0 Å². The normalized spacial score (nSPS) is 13.6. The van der Waals surface area contributed by atoms with Crippen LogP contribution in [0.1, 0.15) is 43.0 Å². The van der Waals surface area contributed by atoms with Gasteiger partial charge in [-0.3, -0.25) is 9.59 Å². The van der Waals surface area contributed by atoms with E-state index in [-0.39, 0.29) is 11.8 Å². The average molecular weight is 338 g/mol. The van der Waals surface area contributed by atoms with Crippen LogP contribution in [0.15, 0.2) is 42.5 Å². The molecule has 1 fully saturated rings. The lowest BCUT2D eigenvalue weighted by atomic mass is 10.1. The Morgan fingerprint density at radius 3 is 2.60 bits per heavy atom. The van der Waals surface area contributed by atoms with Crippen LogP contribution in [0.2, 0.25) is 0 Å². The number of benzene rings is 2. The molecule has 0 radical (unpaired) electrons. The molecule has 0 aliphatic heterocycles. The third-order valence-corrected chi connectivity index (χ3v) is 4.66. The number of fused-ring (bicyclic) bond motifs is 1. The zero-order valence-electron chi connectivity index (χ0n) is 14.8. The van der Waals surface area contributed by atoms with E-state index in [9.17, 15) is 9.59 Å². The Morgan fingerprint density at radius 2 is 1.88 bits per heavy atom. The molecule has 0 unspecified atom stereocenters. The molecule has 3 rings (SSSR count). The van der Waals surface area contributed by atoms with Crippen LogP contribution in [0.3, 0.4) is 0 Å². The minimum atomic E-state index is -0.122. The fourth-order valence-corrected chi connectivity index (χ4v) is 3.07. The lowest BCUT2D eigenvalue weighted by molar-refractivity contribution is -0.131. The van der Waals surface area contributed by atoms with E-state index in [0.717, 1.165) is 30.3 Å². The first-order chi connectivity index (χ1) is 12.2. The maximum Gasteiger partial charge on any atom is 0.251 e. The maximum atomic E-state index is 12.4. The molecular formula is C21H26N2O2. The van der Waals surface area contributed by atoms with Crippen LogP contribution < -0.4 is 5.32 Å². The van der Waals surface area contributed by atoms with Gasteiger partial charge in [-0.1, -0.05) is 37.3 Å². The van der Waals surface area contributed by atoms with Gasteiger partial charge in [0.2, 0.25) is 5.91 Å². The standard InChI is InChI=1S/C21H26N2O2/c1-2-13-23(15-16-7-8-16)20(24)11-12-22-21(25)19-10-9-17-5-3-4-6-18(17)14-19/h3-6,9-10,14,16H,2,7-8,11-13,15H2,1H3,(H,22,25). The molecule has 0 spiro atoms. The summed E-state index contributed by atoms with van der Waals surface area (Å²) in [6.07, 6.45) is 3.83. The number of nitrogens with zero attached hydrogens (tertiary/aromatic N) is 1. The third-order valence-electron chi connectivity index (χ3n) is 4.66. The smallest absolute Gasteiger partial charge is 0.251 e. The molecule has 0 heterocycles. The first-order valence-electron chi connectivity index (χ1n) is 9.22. The summed E-state index contributed by atoms with van der Waals surface area (Å²) >= 11 is 0. The highest BCUT2D eigenvalue weighted by atomic mass is 16.2. The highest BCUT2D eigenvalue weighted by Crippen LogP contribution is 2.29. The predicted molar refractivity (Wildman–Crippen MR) is 100 cm³/mol. The number of hydrogen-bond donors (Lipinski definition) is 1. The molecule has 0 bridgehead atoms. The molecule has 1 aliphatic rings. The molecule has 0 atom stereocenters. The number of carbonyl (C=O) groups is 2. The molecule has 132 valence electrons. The number of carbonyl (C=O) groups excluding carboxylic acids is 2. The van der Waals surface area contributed by atoms with Crippen molar-refractivity contribution in [3.05, 3.63) is 48.0 Å². The SMILES string of the molecule is CCCN(CC1CC1)C(=O)CCNC(=O)c1ccc2ccccc2c1. The van der Waals surface area contributed by atoms with Crippen molar-refractivity contribution in [3.8, 4) is 0 Å². The summed E-state index contributed by atoms with van der Waals surface area (Å²) in [7, 11) is 0. The quantitative estimate of drug-likeness (QED) is 0.799. The molecule has 2 amide bonds. The van der Waals surface area contributed by atoms with Gasteiger partial charge in [-0.2, -0.15) is 0 Å². The van der Waals surface area contributed by atoms with E-state index in [1.165, 1.54) is 12.8 Å². The summed E-state index contributed by atoms with van der Waals surface area (Å²) in [6.45, 7) is 4.17. The average Bonchev–Trinajstić information content (AvgIpc) is 3.45. The Balaban J connectivity index is 1.51. The molecule has 4 nitrogen and oxygen atoms in total. The minimum Gasteiger partial charge on any atom is -0.352 e. The van der Waals surface area contributed by atoms with Gasteiger partial charge in [-0.15, -0.1) is 0 Å². The summed E-state index contributed by atoms with van der Waals surface area (Å²) < 4.78 is 0. The van der Waals surface area contributed by atoms with Crippen molar-refractivity contribution in [2.24, 2.45) is 5.92 Å². The van der Waals surface area contributed by atoms with Crippen molar-refractivity contribution in [2.45, 2.75) is 32.6 Å². The second kappa shape index (κ2) is 8.15. The molecular weight excluding hydrogens is 312 g/mol. The van der Waals surface area contributed by atoms with Crippen molar-refractivity contribution in [1.82, 2.24) is 10.2 Å².